The molecule has 1 rings (SSSR count). The molecular formula is C16H27NO2. The third kappa shape index (κ3) is 4.43. The Morgan fingerprint density at radius 2 is 1.42 bits per heavy atom. The minimum Gasteiger partial charge on any atom is -0.497 e. The van der Waals surface area contributed by atoms with Gasteiger partial charge in [-0.25, -0.2) is 0 Å². The molecule has 19 heavy (non-hydrogen) atoms. The summed E-state index contributed by atoms with van der Waals surface area (Å²) in [5, 5.41) is 0. The van der Waals surface area contributed by atoms with E-state index in [-0.39, 0.29) is 6.04 Å². The van der Waals surface area contributed by atoms with Gasteiger partial charge in [0, 0.05) is 12.1 Å². The lowest BCUT2D eigenvalue weighted by Gasteiger charge is -2.24. The van der Waals surface area contributed by atoms with Crippen LogP contribution in [-0.2, 0) is 0 Å². The molecule has 0 fully saturated rings. The number of methoxy groups -OCH3 is 2. The summed E-state index contributed by atoms with van der Waals surface area (Å²) in [6.07, 6.45) is 4.65. The highest BCUT2D eigenvalue weighted by Gasteiger charge is 2.19. The van der Waals surface area contributed by atoms with E-state index in [1.807, 2.05) is 18.2 Å². The summed E-state index contributed by atoms with van der Waals surface area (Å²) in [5.74, 6) is 2.12. The molecule has 0 spiro atoms. The van der Waals surface area contributed by atoms with Gasteiger partial charge in [-0.05, 0) is 36.5 Å². The summed E-state index contributed by atoms with van der Waals surface area (Å²) >= 11 is 0. The normalized spacial score (nSPS) is 12.5. The van der Waals surface area contributed by atoms with Gasteiger partial charge in [0.25, 0.3) is 0 Å². The number of nitrogens with two attached hydrogens (primary N) is 1. The van der Waals surface area contributed by atoms with Crippen LogP contribution in [0, 0.1) is 5.92 Å². The quantitative estimate of drug-likeness (QED) is 0.774. The fraction of sp³-hybridized carbons (Fsp3) is 0.625. The molecule has 3 heteroatoms. The highest BCUT2D eigenvalue weighted by Crippen LogP contribution is 2.32. The smallest absolute Gasteiger partial charge is 0.122 e. The molecule has 1 aromatic rings. The number of hydrogen-bond donors (Lipinski definition) is 1. The molecule has 0 aromatic heterocycles. The minimum absolute atomic E-state index is 0.0453. The second-order valence-corrected chi connectivity index (χ2v) is 5.01. The topological polar surface area (TPSA) is 44.5 Å². The zero-order valence-electron chi connectivity index (χ0n) is 12.6. The van der Waals surface area contributed by atoms with E-state index < -0.39 is 0 Å². The number of hydrogen-bond acceptors (Lipinski definition) is 3. The maximum Gasteiger partial charge on any atom is 0.122 e. The van der Waals surface area contributed by atoms with E-state index in [9.17, 15) is 0 Å². The zero-order valence-corrected chi connectivity index (χ0v) is 12.6. The van der Waals surface area contributed by atoms with Crippen molar-refractivity contribution >= 4 is 0 Å². The Labute approximate surface area is 117 Å². The molecule has 0 bridgehead atoms. The van der Waals surface area contributed by atoms with E-state index in [4.69, 9.17) is 15.2 Å². The molecule has 0 aliphatic carbocycles. The Kier molecular flexibility index (Phi) is 6.71. The van der Waals surface area contributed by atoms with Crippen LogP contribution < -0.4 is 15.2 Å². The SMILES string of the molecule is CCCC(CCC)C(N)c1cc(OC)cc(OC)c1. The van der Waals surface area contributed by atoms with Crippen LogP contribution in [0.15, 0.2) is 18.2 Å². The van der Waals surface area contributed by atoms with Crippen LogP contribution in [0.1, 0.15) is 51.1 Å². The lowest BCUT2D eigenvalue weighted by atomic mass is 9.86. The highest BCUT2D eigenvalue weighted by atomic mass is 16.5. The molecule has 0 aliphatic heterocycles. The summed E-state index contributed by atoms with van der Waals surface area (Å²) in [7, 11) is 3.33. The van der Waals surface area contributed by atoms with Gasteiger partial charge in [0.1, 0.15) is 11.5 Å². The van der Waals surface area contributed by atoms with E-state index in [0.29, 0.717) is 5.92 Å². The number of rotatable bonds is 8. The van der Waals surface area contributed by atoms with Gasteiger partial charge >= 0.3 is 0 Å². The molecular weight excluding hydrogens is 238 g/mol. The first-order valence-corrected chi connectivity index (χ1v) is 7.14. The van der Waals surface area contributed by atoms with E-state index in [1.54, 1.807) is 14.2 Å². The number of ether oxygens (including phenoxy) is 2. The third-order valence-electron chi connectivity index (χ3n) is 3.59. The Bertz CT molecular complexity index is 351. The van der Waals surface area contributed by atoms with Crippen molar-refractivity contribution in [1.29, 1.82) is 0 Å². The largest absolute Gasteiger partial charge is 0.497 e. The highest BCUT2D eigenvalue weighted by molar-refractivity contribution is 5.39. The summed E-state index contributed by atoms with van der Waals surface area (Å²) in [5.41, 5.74) is 7.55. The second kappa shape index (κ2) is 8.05. The van der Waals surface area contributed by atoms with E-state index in [2.05, 4.69) is 13.8 Å². The van der Waals surface area contributed by atoms with Gasteiger partial charge in [0.2, 0.25) is 0 Å². The maximum absolute atomic E-state index is 6.45. The Morgan fingerprint density at radius 1 is 0.947 bits per heavy atom. The minimum atomic E-state index is 0.0453. The van der Waals surface area contributed by atoms with Crippen LogP contribution in [0.3, 0.4) is 0 Å². The van der Waals surface area contributed by atoms with Crippen molar-refractivity contribution in [3.63, 3.8) is 0 Å². The van der Waals surface area contributed by atoms with Crippen molar-refractivity contribution in [2.75, 3.05) is 14.2 Å². The molecule has 1 unspecified atom stereocenters. The first kappa shape index (κ1) is 15.8. The van der Waals surface area contributed by atoms with Crippen LogP contribution in [0.25, 0.3) is 0 Å². The molecule has 0 saturated carbocycles. The van der Waals surface area contributed by atoms with Crippen LogP contribution in [-0.4, -0.2) is 14.2 Å². The molecule has 0 saturated heterocycles. The van der Waals surface area contributed by atoms with Gasteiger partial charge in [0.05, 0.1) is 14.2 Å². The standard InChI is InChI=1S/C16H27NO2/c1-5-7-12(8-6-2)16(17)13-9-14(18-3)11-15(10-13)19-4/h9-12,16H,5-8,17H2,1-4H3. The Morgan fingerprint density at radius 3 is 1.79 bits per heavy atom. The fourth-order valence-electron chi connectivity index (χ4n) is 2.54. The predicted octanol–water partition coefficient (Wildman–Crippen LogP) is 3.92. The molecule has 0 heterocycles. The van der Waals surface area contributed by atoms with Crippen molar-refractivity contribution in [3.8, 4) is 11.5 Å². The van der Waals surface area contributed by atoms with E-state index >= 15 is 0 Å². The Hall–Kier alpha value is -1.22. The lowest BCUT2D eigenvalue weighted by Crippen LogP contribution is -2.21. The molecule has 0 aliphatic rings. The Balaban J connectivity index is 2.97. The third-order valence-corrected chi connectivity index (χ3v) is 3.59. The zero-order chi connectivity index (χ0) is 14.3. The maximum atomic E-state index is 6.45. The predicted molar refractivity (Wildman–Crippen MR) is 79.8 cm³/mol. The molecule has 0 amide bonds. The summed E-state index contributed by atoms with van der Waals surface area (Å²) < 4.78 is 10.6. The van der Waals surface area contributed by atoms with Crippen molar-refractivity contribution in [2.24, 2.45) is 11.7 Å². The van der Waals surface area contributed by atoms with Gasteiger partial charge in [0.15, 0.2) is 0 Å². The molecule has 3 nitrogen and oxygen atoms in total. The van der Waals surface area contributed by atoms with Crippen LogP contribution in [0.4, 0.5) is 0 Å². The van der Waals surface area contributed by atoms with Crippen molar-refractivity contribution in [3.05, 3.63) is 23.8 Å². The van der Waals surface area contributed by atoms with Crippen LogP contribution in [0.5, 0.6) is 11.5 Å². The van der Waals surface area contributed by atoms with Crippen molar-refractivity contribution < 1.29 is 9.47 Å². The average Bonchev–Trinajstić information content (AvgIpc) is 2.45. The van der Waals surface area contributed by atoms with Gasteiger partial charge in [-0.3, -0.25) is 0 Å². The van der Waals surface area contributed by atoms with Crippen LogP contribution in [0.2, 0.25) is 0 Å². The van der Waals surface area contributed by atoms with Gasteiger partial charge in [-0.2, -0.15) is 0 Å². The van der Waals surface area contributed by atoms with E-state index in [1.165, 1.54) is 12.8 Å². The van der Waals surface area contributed by atoms with Gasteiger partial charge in [-0.15, -0.1) is 0 Å². The molecule has 1 atom stereocenters. The molecule has 1 aromatic carbocycles. The molecule has 108 valence electrons. The molecule has 0 radical (unpaired) electrons. The summed E-state index contributed by atoms with van der Waals surface area (Å²) in [4.78, 5) is 0. The average molecular weight is 265 g/mol. The van der Waals surface area contributed by atoms with Crippen molar-refractivity contribution in [1.82, 2.24) is 0 Å². The number of benzene rings is 1. The lowest BCUT2D eigenvalue weighted by molar-refractivity contribution is 0.361. The summed E-state index contributed by atoms with van der Waals surface area (Å²) in [6.45, 7) is 4.42. The molecule has 2 N–H and O–H groups in total. The first-order valence-electron chi connectivity index (χ1n) is 7.14. The monoisotopic (exact) mass is 265 g/mol. The summed E-state index contributed by atoms with van der Waals surface area (Å²) in [6, 6.07) is 5.96. The fourth-order valence-corrected chi connectivity index (χ4v) is 2.54. The van der Waals surface area contributed by atoms with Gasteiger partial charge in [-0.1, -0.05) is 26.7 Å². The first-order chi connectivity index (χ1) is 9.15. The van der Waals surface area contributed by atoms with Crippen LogP contribution >= 0.6 is 0 Å². The van der Waals surface area contributed by atoms with Gasteiger partial charge < -0.3 is 15.2 Å². The second-order valence-electron chi connectivity index (χ2n) is 5.01. The van der Waals surface area contributed by atoms with Crippen molar-refractivity contribution in [2.45, 2.75) is 45.6 Å². The van der Waals surface area contributed by atoms with E-state index in [0.717, 1.165) is 29.9 Å².